The molecule has 10 heteroatoms. The SMILES string of the molecule is Cc1c(NC(=O)CCC(=O)Nc2c(C)n(C)n(-c3ccccc3)c2=O)c(=O)n(-c2ccccc2)n1C. The second-order valence-electron chi connectivity index (χ2n) is 8.47. The molecule has 186 valence electrons. The van der Waals surface area contributed by atoms with E-state index in [0.29, 0.717) is 22.8 Å². The third-order valence-electron chi connectivity index (χ3n) is 6.22. The highest BCUT2D eigenvalue weighted by molar-refractivity contribution is 5.97. The standard InChI is InChI=1S/C26H28N6O4/c1-17-23(25(35)31(29(17)3)19-11-7-5-8-12-19)27-21(33)15-16-22(34)28-24-18(2)30(4)32(26(24)36)20-13-9-6-10-14-20/h5-14H,15-16H2,1-4H3,(H,27,33)(H,28,34). The first-order valence-electron chi connectivity index (χ1n) is 11.5. The summed E-state index contributed by atoms with van der Waals surface area (Å²) >= 11 is 0. The first kappa shape index (κ1) is 24.5. The third-order valence-corrected chi connectivity index (χ3v) is 6.22. The second-order valence-corrected chi connectivity index (χ2v) is 8.47. The van der Waals surface area contributed by atoms with E-state index in [2.05, 4.69) is 10.6 Å². The molecule has 0 aliphatic heterocycles. The maximum Gasteiger partial charge on any atom is 0.295 e. The topological polar surface area (TPSA) is 112 Å². The van der Waals surface area contributed by atoms with E-state index in [1.54, 1.807) is 61.6 Å². The number of hydrogen-bond donors (Lipinski definition) is 2. The molecule has 2 amide bonds. The van der Waals surface area contributed by atoms with Crippen LogP contribution in [-0.2, 0) is 23.7 Å². The molecule has 0 atom stereocenters. The van der Waals surface area contributed by atoms with Crippen molar-refractivity contribution in [2.24, 2.45) is 14.1 Å². The fourth-order valence-corrected chi connectivity index (χ4v) is 4.06. The van der Waals surface area contributed by atoms with Crippen molar-refractivity contribution in [1.82, 2.24) is 18.7 Å². The van der Waals surface area contributed by atoms with E-state index in [1.165, 1.54) is 9.36 Å². The molecule has 0 radical (unpaired) electrons. The number of nitrogens with zero attached hydrogens (tertiary/aromatic N) is 4. The molecule has 0 spiro atoms. The predicted octanol–water partition coefficient (Wildman–Crippen LogP) is 2.64. The Balaban J connectivity index is 1.44. The van der Waals surface area contributed by atoms with Crippen molar-refractivity contribution in [3.8, 4) is 11.4 Å². The van der Waals surface area contributed by atoms with Crippen LogP contribution in [0.5, 0.6) is 0 Å². The van der Waals surface area contributed by atoms with Gasteiger partial charge in [-0.15, -0.1) is 0 Å². The van der Waals surface area contributed by atoms with Gasteiger partial charge in [-0.25, -0.2) is 9.36 Å². The minimum Gasteiger partial charge on any atom is -0.320 e. The largest absolute Gasteiger partial charge is 0.320 e. The Morgan fingerprint density at radius 1 is 0.639 bits per heavy atom. The Labute approximate surface area is 207 Å². The summed E-state index contributed by atoms with van der Waals surface area (Å²) in [5.41, 5.74) is 2.12. The van der Waals surface area contributed by atoms with E-state index >= 15 is 0 Å². The van der Waals surface area contributed by atoms with Gasteiger partial charge >= 0.3 is 0 Å². The number of anilines is 2. The highest BCUT2D eigenvalue weighted by Gasteiger charge is 2.20. The average Bonchev–Trinajstić information content (AvgIpc) is 3.22. The van der Waals surface area contributed by atoms with Crippen molar-refractivity contribution in [1.29, 1.82) is 0 Å². The number of amides is 2. The number of benzene rings is 2. The molecule has 2 N–H and O–H groups in total. The van der Waals surface area contributed by atoms with Crippen LogP contribution in [0.2, 0.25) is 0 Å². The number of para-hydroxylation sites is 2. The van der Waals surface area contributed by atoms with Crippen molar-refractivity contribution in [2.75, 3.05) is 10.6 Å². The monoisotopic (exact) mass is 488 g/mol. The van der Waals surface area contributed by atoms with Crippen LogP contribution >= 0.6 is 0 Å². The predicted molar refractivity (Wildman–Crippen MR) is 138 cm³/mol. The van der Waals surface area contributed by atoms with Gasteiger partial charge in [0.15, 0.2) is 0 Å². The molecule has 0 saturated carbocycles. The molecule has 0 aliphatic carbocycles. The summed E-state index contributed by atoms with van der Waals surface area (Å²) in [6.07, 6.45) is -0.298. The molecule has 10 nitrogen and oxygen atoms in total. The van der Waals surface area contributed by atoms with Crippen LogP contribution in [0.1, 0.15) is 24.2 Å². The Hall–Kier alpha value is -4.60. The number of rotatable bonds is 7. The van der Waals surface area contributed by atoms with Gasteiger partial charge in [0.25, 0.3) is 11.1 Å². The summed E-state index contributed by atoms with van der Waals surface area (Å²) in [5, 5.41) is 5.29. The first-order chi connectivity index (χ1) is 17.2. The highest BCUT2D eigenvalue weighted by atomic mass is 16.2. The maximum absolute atomic E-state index is 13.0. The zero-order valence-corrected chi connectivity index (χ0v) is 20.6. The van der Waals surface area contributed by atoms with E-state index in [4.69, 9.17) is 0 Å². The molecule has 4 rings (SSSR count). The average molecular weight is 489 g/mol. The van der Waals surface area contributed by atoms with Crippen LogP contribution < -0.4 is 21.8 Å². The van der Waals surface area contributed by atoms with E-state index in [-0.39, 0.29) is 35.3 Å². The summed E-state index contributed by atoms with van der Waals surface area (Å²) < 4.78 is 6.26. The van der Waals surface area contributed by atoms with Gasteiger partial charge < -0.3 is 10.6 Å². The summed E-state index contributed by atoms with van der Waals surface area (Å²) in [5.74, 6) is -0.940. The normalized spacial score (nSPS) is 10.9. The zero-order chi connectivity index (χ0) is 26.0. The van der Waals surface area contributed by atoms with Crippen LogP contribution in [-0.4, -0.2) is 30.5 Å². The molecule has 0 bridgehead atoms. The minimum absolute atomic E-state index is 0.149. The van der Waals surface area contributed by atoms with Gasteiger partial charge in [0.1, 0.15) is 11.4 Å². The Kier molecular flexibility index (Phi) is 6.77. The lowest BCUT2D eigenvalue weighted by molar-refractivity contribution is -0.121. The van der Waals surface area contributed by atoms with Crippen LogP contribution in [0, 0.1) is 13.8 Å². The highest BCUT2D eigenvalue weighted by Crippen LogP contribution is 2.16. The molecular weight excluding hydrogens is 460 g/mol. The van der Waals surface area contributed by atoms with E-state index in [1.807, 2.05) is 36.4 Å². The molecule has 0 saturated heterocycles. The van der Waals surface area contributed by atoms with Crippen LogP contribution in [0.15, 0.2) is 70.3 Å². The van der Waals surface area contributed by atoms with Crippen LogP contribution in [0.25, 0.3) is 11.4 Å². The zero-order valence-electron chi connectivity index (χ0n) is 20.6. The van der Waals surface area contributed by atoms with Gasteiger partial charge in [0.2, 0.25) is 11.8 Å². The van der Waals surface area contributed by atoms with Gasteiger partial charge in [0, 0.05) is 26.9 Å². The minimum atomic E-state index is -0.470. The summed E-state index contributed by atoms with van der Waals surface area (Å²) in [6, 6.07) is 18.2. The van der Waals surface area contributed by atoms with Gasteiger partial charge in [-0.2, -0.15) is 0 Å². The van der Waals surface area contributed by atoms with E-state index in [9.17, 15) is 19.2 Å². The molecule has 0 unspecified atom stereocenters. The van der Waals surface area contributed by atoms with Crippen molar-refractivity contribution in [3.63, 3.8) is 0 Å². The second kappa shape index (κ2) is 9.95. The van der Waals surface area contributed by atoms with Crippen molar-refractivity contribution >= 4 is 23.2 Å². The quantitative estimate of drug-likeness (QED) is 0.416. The van der Waals surface area contributed by atoms with Crippen molar-refractivity contribution in [2.45, 2.75) is 26.7 Å². The van der Waals surface area contributed by atoms with Gasteiger partial charge in [0.05, 0.1) is 22.8 Å². The Bertz CT molecular complexity index is 1420. The van der Waals surface area contributed by atoms with Crippen molar-refractivity contribution < 1.29 is 9.59 Å². The molecule has 4 aromatic rings. The molecule has 2 aromatic heterocycles. The Morgan fingerprint density at radius 2 is 0.972 bits per heavy atom. The molecule has 36 heavy (non-hydrogen) atoms. The van der Waals surface area contributed by atoms with E-state index < -0.39 is 11.8 Å². The number of nitrogens with one attached hydrogen (secondary N) is 2. The van der Waals surface area contributed by atoms with E-state index in [0.717, 1.165) is 0 Å². The lowest BCUT2D eigenvalue weighted by atomic mass is 10.2. The van der Waals surface area contributed by atoms with Crippen LogP contribution in [0.3, 0.4) is 0 Å². The summed E-state index contributed by atoms with van der Waals surface area (Å²) in [6.45, 7) is 3.47. The fourth-order valence-electron chi connectivity index (χ4n) is 4.06. The molecule has 0 fully saturated rings. The lowest BCUT2D eigenvalue weighted by Gasteiger charge is -2.07. The number of hydrogen-bond acceptors (Lipinski definition) is 4. The molecule has 2 aromatic carbocycles. The van der Waals surface area contributed by atoms with Gasteiger partial charge in [-0.3, -0.25) is 28.5 Å². The van der Waals surface area contributed by atoms with Crippen molar-refractivity contribution in [3.05, 3.63) is 92.8 Å². The first-order valence-corrected chi connectivity index (χ1v) is 11.5. The third kappa shape index (κ3) is 4.52. The number of aromatic nitrogens is 4. The number of carbonyl (C=O) groups excluding carboxylic acids is 2. The molecule has 2 heterocycles. The van der Waals surface area contributed by atoms with Gasteiger partial charge in [-0.05, 0) is 38.1 Å². The summed E-state index contributed by atoms with van der Waals surface area (Å²) in [4.78, 5) is 51.1. The summed E-state index contributed by atoms with van der Waals surface area (Å²) in [7, 11) is 3.47. The Morgan fingerprint density at radius 3 is 1.31 bits per heavy atom. The lowest BCUT2D eigenvalue weighted by Crippen LogP contribution is -2.25. The van der Waals surface area contributed by atoms with Crippen LogP contribution in [0.4, 0.5) is 11.4 Å². The maximum atomic E-state index is 13.0. The molecule has 0 aliphatic rings. The smallest absolute Gasteiger partial charge is 0.295 e. The van der Waals surface area contributed by atoms with Gasteiger partial charge in [-0.1, -0.05) is 36.4 Å². The number of carbonyl (C=O) groups is 2. The fraction of sp³-hybridized carbons (Fsp3) is 0.231. The molecular formula is C26H28N6O4.